The van der Waals surface area contributed by atoms with Crippen molar-refractivity contribution in [1.29, 1.82) is 0 Å². The van der Waals surface area contributed by atoms with Crippen molar-refractivity contribution in [2.24, 2.45) is 0 Å². The lowest BCUT2D eigenvalue weighted by Crippen LogP contribution is -2.46. The summed E-state index contributed by atoms with van der Waals surface area (Å²) in [5.74, 6) is 2.57. The number of rotatable bonds is 5. The van der Waals surface area contributed by atoms with Gasteiger partial charge in [-0.25, -0.2) is 4.98 Å². The van der Waals surface area contributed by atoms with Crippen molar-refractivity contribution < 1.29 is 9.47 Å². The van der Waals surface area contributed by atoms with Crippen molar-refractivity contribution in [3.8, 4) is 5.75 Å². The number of nitrogen functional groups attached to an aromatic ring is 1. The molecule has 27 heavy (non-hydrogen) atoms. The van der Waals surface area contributed by atoms with Gasteiger partial charge in [-0.1, -0.05) is 18.2 Å². The van der Waals surface area contributed by atoms with E-state index in [0.29, 0.717) is 11.9 Å². The second-order valence-corrected chi connectivity index (χ2v) is 7.14. The van der Waals surface area contributed by atoms with Gasteiger partial charge >= 0.3 is 0 Å². The highest BCUT2D eigenvalue weighted by Gasteiger charge is 2.23. The number of hydrogen-bond acceptors (Lipinski definition) is 7. The van der Waals surface area contributed by atoms with Crippen LogP contribution in [0.1, 0.15) is 23.6 Å². The van der Waals surface area contributed by atoms with Gasteiger partial charge in [-0.05, 0) is 12.5 Å². The number of anilines is 2. The van der Waals surface area contributed by atoms with E-state index in [-0.39, 0.29) is 0 Å². The van der Waals surface area contributed by atoms with E-state index in [1.807, 2.05) is 12.1 Å². The van der Waals surface area contributed by atoms with Gasteiger partial charge in [0.15, 0.2) is 0 Å². The van der Waals surface area contributed by atoms with E-state index in [0.717, 1.165) is 69.6 Å². The molecule has 0 saturated carbocycles. The van der Waals surface area contributed by atoms with Crippen molar-refractivity contribution in [2.45, 2.75) is 18.9 Å². The number of piperazine rings is 1. The van der Waals surface area contributed by atoms with Gasteiger partial charge in [0.25, 0.3) is 0 Å². The first-order chi connectivity index (χ1) is 13.2. The highest BCUT2D eigenvalue weighted by Crippen LogP contribution is 2.27. The summed E-state index contributed by atoms with van der Waals surface area (Å²) in [6.45, 7) is 6.22. The summed E-state index contributed by atoms with van der Waals surface area (Å²) in [4.78, 5) is 13.7. The van der Waals surface area contributed by atoms with Crippen LogP contribution in [-0.4, -0.2) is 61.4 Å². The first-order valence-electron chi connectivity index (χ1n) is 9.54. The van der Waals surface area contributed by atoms with Crippen molar-refractivity contribution >= 4 is 11.8 Å². The lowest BCUT2D eigenvalue weighted by atomic mass is 10.0. The first-order valence-corrected chi connectivity index (χ1v) is 9.54. The van der Waals surface area contributed by atoms with Crippen LogP contribution in [0.4, 0.5) is 11.8 Å². The summed E-state index contributed by atoms with van der Waals surface area (Å²) in [6.07, 6.45) is 1.00. The number of methoxy groups -OCH3 is 1. The molecule has 0 bridgehead atoms. The maximum Gasteiger partial charge on any atom is 0.222 e. The van der Waals surface area contributed by atoms with Crippen LogP contribution in [-0.2, 0) is 11.3 Å². The third-order valence-corrected chi connectivity index (χ3v) is 5.38. The van der Waals surface area contributed by atoms with Crippen LogP contribution in [0.25, 0.3) is 0 Å². The number of para-hydroxylation sites is 1. The number of aromatic nitrogens is 2. The van der Waals surface area contributed by atoms with E-state index >= 15 is 0 Å². The molecule has 2 aliphatic rings. The first kappa shape index (κ1) is 18.0. The Morgan fingerprint density at radius 2 is 2.00 bits per heavy atom. The Hall–Kier alpha value is -2.38. The third-order valence-electron chi connectivity index (χ3n) is 5.38. The average Bonchev–Trinajstić information content (AvgIpc) is 3.23. The summed E-state index contributed by atoms with van der Waals surface area (Å²) in [7, 11) is 1.73. The zero-order valence-corrected chi connectivity index (χ0v) is 15.8. The summed E-state index contributed by atoms with van der Waals surface area (Å²) < 4.78 is 11.0. The fourth-order valence-corrected chi connectivity index (χ4v) is 3.82. The number of nitrogens with two attached hydrogens (primary N) is 1. The minimum Gasteiger partial charge on any atom is -0.496 e. The maximum atomic E-state index is 5.98. The molecule has 2 aliphatic heterocycles. The Bertz CT molecular complexity index is 771. The van der Waals surface area contributed by atoms with Crippen LogP contribution in [0.5, 0.6) is 5.75 Å². The van der Waals surface area contributed by atoms with Gasteiger partial charge < -0.3 is 20.1 Å². The quantitative estimate of drug-likeness (QED) is 0.862. The SMILES string of the molecule is COc1ccccc1CN1CCN(c2cc([C@@H]3CCOC3)nc(N)n2)CC1. The summed E-state index contributed by atoms with van der Waals surface area (Å²) in [5.41, 5.74) is 8.21. The predicted molar refractivity (Wildman–Crippen MR) is 105 cm³/mol. The smallest absolute Gasteiger partial charge is 0.222 e. The van der Waals surface area contributed by atoms with E-state index < -0.39 is 0 Å². The van der Waals surface area contributed by atoms with Gasteiger partial charge in [0, 0.05) is 56.9 Å². The fraction of sp³-hybridized carbons (Fsp3) is 0.500. The second kappa shape index (κ2) is 8.10. The fourth-order valence-electron chi connectivity index (χ4n) is 3.82. The number of ether oxygens (including phenoxy) is 2. The topological polar surface area (TPSA) is 76.7 Å². The molecule has 1 atom stereocenters. The Morgan fingerprint density at radius 1 is 1.19 bits per heavy atom. The molecule has 0 radical (unpaired) electrons. The monoisotopic (exact) mass is 369 g/mol. The average molecular weight is 369 g/mol. The highest BCUT2D eigenvalue weighted by atomic mass is 16.5. The van der Waals surface area contributed by atoms with E-state index in [4.69, 9.17) is 15.2 Å². The lowest BCUT2D eigenvalue weighted by Gasteiger charge is -2.35. The molecule has 0 spiro atoms. The van der Waals surface area contributed by atoms with Crippen molar-refractivity contribution in [2.75, 3.05) is 57.1 Å². The van der Waals surface area contributed by atoms with Crippen molar-refractivity contribution in [1.82, 2.24) is 14.9 Å². The summed E-state index contributed by atoms with van der Waals surface area (Å²) in [5, 5.41) is 0. The molecular formula is C20H27N5O2. The van der Waals surface area contributed by atoms with Crippen molar-refractivity contribution in [3.63, 3.8) is 0 Å². The van der Waals surface area contributed by atoms with Gasteiger partial charge in [0.05, 0.1) is 19.4 Å². The molecular weight excluding hydrogens is 342 g/mol. The van der Waals surface area contributed by atoms with Crippen LogP contribution >= 0.6 is 0 Å². The molecule has 3 heterocycles. The van der Waals surface area contributed by atoms with Gasteiger partial charge in [-0.15, -0.1) is 0 Å². The molecule has 1 aromatic carbocycles. The molecule has 144 valence electrons. The number of benzene rings is 1. The Kier molecular flexibility index (Phi) is 5.40. The molecule has 0 amide bonds. The molecule has 7 heteroatoms. The van der Waals surface area contributed by atoms with E-state index in [1.165, 1.54) is 5.56 Å². The van der Waals surface area contributed by atoms with Gasteiger partial charge in [0.1, 0.15) is 11.6 Å². The van der Waals surface area contributed by atoms with Crippen molar-refractivity contribution in [3.05, 3.63) is 41.6 Å². The van der Waals surface area contributed by atoms with Gasteiger partial charge in [-0.3, -0.25) is 4.90 Å². The molecule has 1 aromatic heterocycles. The van der Waals surface area contributed by atoms with Crippen LogP contribution < -0.4 is 15.4 Å². The van der Waals surface area contributed by atoms with Gasteiger partial charge in [-0.2, -0.15) is 4.98 Å². The molecule has 0 aliphatic carbocycles. The minimum atomic E-state index is 0.334. The number of nitrogens with zero attached hydrogens (tertiary/aromatic N) is 4. The summed E-state index contributed by atoms with van der Waals surface area (Å²) >= 11 is 0. The Morgan fingerprint density at radius 3 is 2.74 bits per heavy atom. The zero-order valence-electron chi connectivity index (χ0n) is 15.8. The van der Waals surface area contributed by atoms with E-state index in [9.17, 15) is 0 Å². The molecule has 0 unspecified atom stereocenters. The van der Waals surface area contributed by atoms with E-state index in [2.05, 4.69) is 38.0 Å². The molecule has 2 saturated heterocycles. The largest absolute Gasteiger partial charge is 0.496 e. The molecule has 2 aromatic rings. The lowest BCUT2D eigenvalue weighted by molar-refractivity contribution is 0.193. The van der Waals surface area contributed by atoms with Crippen LogP contribution in [0.15, 0.2) is 30.3 Å². The zero-order chi connectivity index (χ0) is 18.6. The highest BCUT2D eigenvalue weighted by molar-refractivity contribution is 5.45. The van der Waals surface area contributed by atoms with E-state index in [1.54, 1.807) is 7.11 Å². The molecule has 2 fully saturated rings. The normalized spacial score (nSPS) is 20.8. The van der Waals surface area contributed by atoms with Gasteiger partial charge in [0.2, 0.25) is 5.95 Å². The Balaban J connectivity index is 1.40. The Labute approximate surface area is 160 Å². The van der Waals surface area contributed by atoms with Crippen LogP contribution in [0, 0.1) is 0 Å². The number of hydrogen-bond donors (Lipinski definition) is 1. The molecule has 2 N–H and O–H groups in total. The predicted octanol–water partition coefficient (Wildman–Crippen LogP) is 1.89. The molecule has 7 nitrogen and oxygen atoms in total. The second-order valence-electron chi connectivity index (χ2n) is 7.14. The standard InChI is InChI=1S/C20H27N5O2/c1-26-18-5-3-2-4-15(18)13-24-7-9-25(10-8-24)19-12-17(22-20(21)23-19)16-6-11-27-14-16/h2-5,12,16H,6-11,13-14H2,1H3,(H2,21,22,23)/t16-/m1/s1. The van der Waals surface area contributed by atoms with Crippen LogP contribution in [0.3, 0.4) is 0 Å². The maximum absolute atomic E-state index is 5.98. The third kappa shape index (κ3) is 4.14. The van der Waals surface area contributed by atoms with Crippen LogP contribution in [0.2, 0.25) is 0 Å². The summed E-state index contributed by atoms with van der Waals surface area (Å²) in [6, 6.07) is 10.3. The minimum absolute atomic E-state index is 0.334. The molecule has 4 rings (SSSR count).